The third kappa shape index (κ3) is 3.85. The summed E-state index contributed by atoms with van der Waals surface area (Å²) in [6.07, 6.45) is 4.35. The normalized spacial score (nSPS) is 10.7. The van der Waals surface area contributed by atoms with Gasteiger partial charge in [0, 0.05) is 19.3 Å². The minimum Gasteiger partial charge on any atom is -0.325 e. The first kappa shape index (κ1) is 11.1. The Labute approximate surface area is 84.7 Å². The summed E-state index contributed by atoms with van der Waals surface area (Å²) >= 11 is 0. The Morgan fingerprint density at radius 3 is 3.00 bits per heavy atom. The van der Waals surface area contributed by atoms with E-state index >= 15 is 0 Å². The van der Waals surface area contributed by atoms with E-state index in [0.717, 1.165) is 25.3 Å². The molecule has 3 N–H and O–H groups in total. The van der Waals surface area contributed by atoms with E-state index in [1.165, 1.54) is 12.8 Å². The Hall–Kier alpha value is -0.940. The monoisotopic (exact) mass is 197 g/mol. The Bertz CT molecular complexity index is 245. The number of nitrogens with zero attached hydrogens (tertiary/aromatic N) is 3. The van der Waals surface area contributed by atoms with Crippen molar-refractivity contribution in [1.29, 1.82) is 0 Å². The van der Waals surface area contributed by atoms with Gasteiger partial charge >= 0.3 is 0 Å². The minimum atomic E-state index is 0.462. The molecule has 0 saturated heterocycles. The summed E-state index contributed by atoms with van der Waals surface area (Å²) in [5.41, 5.74) is 6.27. The average Bonchev–Trinajstić information content (AvgIpc) is 2.65. The van der Waals surface area contributed by atoms with Crippen LogP contribution in [0.25, 0.3) is 0 Å². The van der Waals surface area contributed by atoms with Gasteiger partial charge in [-0.15, -0.1) is 5.10 Å². The number of hydrogen-bond acceptors (Lipinski definition) is 4. The van der Waals surface area contributed by atoms with Gasteiger partial charge in [0.1, 0.15) is 0 Å². The van der Waals surface area contributed by atoms with Gasteiger partial charge in [-0.2, -0.15) is 0 Å². The third-order valence-electron chi connectivity index (χ3n) is 2.02. The summed E-state index contributed by atoms with van der Waals surface area (Å²) < 4.78 is 1.82. The van der Waals surface area contributed by atoms with Crippen molar-refractivity contribution in [2.45, 2.75) is 32.9 Å². The highest BCUT2D eigenvalue weighted by atomic mass is 15.4. The maximum absolute atomic E-state index is 5.43. The first-order valence-electron chi connectivity index (χ1n) is 5.16. The zero-order valence-corrected chi connectivity index (χ0v) is 8.74. The van der Waals surface area contributed by atoms with Crippen molar-refractivity contribution in [2.24, 2.45) is 5.73 Å². The lowest BCUT2D eigenvalue weighted by atomic mass is 10.3. The highest BCUT2D eigenvalue weighted by Gasteiger charge is 1.96. The van der Waals surface area contributed by atoms with Gasteiger partial charge in [0.15, 0.2) is 0 Å². The van der Waals surface area contributed by atoms with Crippen LogP contribution in [-0.2, 0) is 13.1 Å². The van der Waals surface area contributed by atoms with Crippen LogP contribution < -0.4 is 11.1 Å². The first-order valence-corrected chi connectivity index (χ1v) is 5.16. The average molecular weight is 197 g/mol. The molecule has 0 bridgehead atoms. The standard InChI is InChI=1S/C9H19N5/c1-2-3-4-11-5-6-14-8-9(7-10)12-13-14/h8,11H,2-7,10H2,1H3. The Kier molecular flexibility index (Phi) is 5.17. The van der Waals surface area contributed by atoms with Crippen LogP contribution in [0.5, 0.6) is 0 Å². The molecule has 0 spiro atoms. The molecule has 80 valence electrons. The number of unbranched alkanes of at least 4 members (excludes halogenated alkanes) is 1. The summed E-state index contributed by atoms with van der Waals surface area (Å²) in [6.45, 7) is 5.52. The molecule has 0 aliphatic rings. The molecule has 0 unspecified atom stereocenters. The van der Waals surface area contributed by atoms with Crippen LogP contribution in [0.3, 0.4) is 0 Å². The molecule has 0 saturated carbocycles. The van der Waals surface area contributed by atoms with Crippen LogP contribution in [0.2, 0.25) is 0 Å². The minimum absolute atomic E-state index is 0.462. The van der Waals surface area contributed by atoms with Gasteiger partial charge in [-0.25, -0.2) is 0 Å². The molecule has 1 aromatic rings. The highest BCUT2D eigenvalue weighted by molar-refractivity contribution is 4.90. The number of aromatic nitrogens is 3. The fourth-order valence-corrected chi connectivity index (χ4v) is 1.16. The number of nitrogens with one attached hydrogen (secondary N) is 1. The van der Waals surface area contributed by atoms with Crippen molar-refractivity contribution < 1.29 is 0 Å². The van der Waals surface area contributed by atoms with Crippen molar-refractivity contribution in [3.63, 3.8) is 0 Å². The zero-order chi connectivity index (χ0) is 10.2. The molecule has 5 nitrogen and oxygen atoms in total. The molecule has 0 aliphatic heterocycles. The summed E-state index contributed by atoms with van der Waals surface area (Å²) in [5.74, 6) is 0. The van der Waals surface area contributed by atoms with Gasteiger partial charge < -0.3 is 11.1 Å². The lowest BCUT2D eigenvalue weighted by Crippen LogP contribution is -2.21. The predicted molar refractivity (Wildman–Crippen MR) is 55.7 cm³/mol. The van der Waals surface area contributed by atoms with Gasteiger partial charge in [-0.05, 0) is 13.0 Å². The molecule has 0 fully saturated rings. The molecule has 0 aromatic carbocycles. The van der Waals surface area contributed by atoms with Gasteiger partial charge in [0.2, 0.25) is 0 Å². The largest absolute Gasteiger partial charge is 0.325 e. The van der Waals surface area contributed by atoms with E-state index in [1.807, 2.05) is 10.9 Å². The lowest BCUT2D eigenvalue weighted by molar-refractivity contribution is 0.533. The molecular formula is C9H19N5. The topological polar surface area (TPSA) is 68.8 Å². The quantitative estimate of drug-likeness (QED) is 0.609. The van der Waals surface area contributed by atoms with Crippen LogP contribution in [-0.4, -0.2) is 28.1 Å². The molecule has 0 aliphatic carbocycles. The first-order chi connectivity index (χ1) is 6.86. The summed E-state index contributed by atoms with van der Waals surface area (Å²) in [5, 5.41) is 11.2. The van der Waals surface area contributed by atoms with E-state index in [2.05, 4.69) is 22.6 Å². The van der Waals surface area contributed by atoms with Crippen LogP contribution in [0.15, 0.2) is 6.20 Å². The Morgan fingerprint density at radius 1 is 1.50 bits per heavy atom. The van der Waals surface area contributed by atoms with Crippen molar-refractivity contribution in [3.8, 4) is 0 Å². The van der Waals surface area contributed by atoms with Crippen LogP contribution in [0.1, 0.15) is 25.5 Å². The van der Waals surface area contributed by atoms with E-state index in [9.17, 15) is 0 Å². The third-order valence-corrected chi connectivity index (χ3v) is 2.02. The second-order valence-corrected chi connectivity index (χ2v) is 3.28. The Balaban J connectivity index is 2.12. The molecule has 1 aromatic heterocycles. The molecule has 14 heavy (non-hydrogen) atoms. The fourth-order valence-electron chi connectivity index (χ4n) is 1.16. The molecule has 0 amide bonds. The molecule has 0 radical (unpaired) electrons. The van der Waals surface area contributed by atoms with Gasteiger partial charge in [0.25, 0.3) is 0 Å². The van der Waals surface area contributed by atoms with E-state index in [0.29, 0.717) is 6.54 Å². The lowest BCUT2D eigenvalue weighted by Gasteiger charge is -2.02. The van der Waals surface area contributed by atoms with Gasteiger partial charge in [-0.3, -0.25) is 4.68 Å². The number of nitrogens with two attached hydrogens (primary N) is 1. The fraction of sp³-hybridized carbons (Fsp3) is 0.778. The van der Waals surface area contributed by atoms with Crippen LogP contribution >= 0.6 is 0 Å². The van der Waals surface area contributed by atoms with Crippen molar-refractivity contribution in [2.75, 3.05) is 13.1 Å². The van der Waals surface area contributed by atoms with E-state index in [4.69, 9.17) is 5.73 Å². The maximum Gasteiger partial charge on any atom is 0.0962 e. The predicted octanol–water partition coefficient (Wildman–Crippen LogP) is 0.126. The van der Waals surface area contributed by atoms with E-state index < -0.39 is 0 Å². The molecule has 0 atom stereocenters. The number of rotatable bonds is 7. The Morgan fingerprint density at radius 2 is 2.36 bits per heavy atom. The van der Waals surface area contributed by atoms with Crippen LogP contribution in [0.4, 0.5) is 0 Å². The molecule has 1 rings (SSSR count). The molecule has 5 heteroatoms. The van der Waals surface area contributed by atoms with Gasteiger partial charge in [-0.1, -0.05) is 18.6 Å². The maximum atomic E-state index is 5.43. The molecular weight excluding hydrogens is 178 g/mol. The number of hydrogen-bond donors (Lipinski definition) is 2. The molecule has 1 heterocycles. The SMILES string of the molecule is CCCCNCCn1cc(CN)nn1. The zero-order valence-electron chi connectivity index (χ0n) is 8.74. The second-order valence-electron chi connectivity index (χ2n) is 3.28. The second kappa shape index (κ2) is 6.50. The van der Waals surface area contributed by atoms with Crippen LogP contribution in [0, 0.1) is 0 Å². The van der Waals surface area contributed by atoms with Gasteiger partial charge in [0.05, 0.1) is 12.2 Å². The van der Waals surface area contributed by atoms with Crippen molar-refractivity contribution in [3.05, 3.63) is 11.9 Å². The highest BCUT2D eigenvalue weighted by Crippen LogP contribution is 1.90. The summed E-state index contributed by atoms with van der Waals surface area (Å²) in [4.78, 5) is 0. The van der Waals surface area contributed by atoms with E-state index in [-0.39, 0.29) is 0 Å². The van der Waals surface area contributed by atoms with E-state index in [1.54, 1.807) is 0 Å². The van der Waals surface area contributed by atoms with Crippen molar-refractivity contribution >= 4 is 0 Å². The van der Waals surface area contributed by atoms with Crippen molar-refractivity contribution in [1.82, 2.24) is 20.3 Å². The smallest absolute Gasteiger partial charge is 0.0962 e. The summed E-state index contributed by atoms with van der Waals surface area (Å²) in [7, 11) is 0. The summed E-state index contributed by atoms with van der Waals surface area (Å²) in [6, 6.07) is 0.